The molecule has 5 atom stereocenters. The standard InChI is InChI=1S/C28H41NO3/c1-4-5-16-29-26(31)9-7-6-8-20-18-25(30)28(2)15-14-23-22-13-11-21(32-3)17-19(22)10-12-24(23)27(20)28/h11,13,17,20,23-24,27H,4-10,12,14-16,18H2,1-3H3,(H,29,31)/t20-,23?,24?,27?,28-/m1/s1. The van der Waals surface area contributed by atoms with Gasteiger partial charge < -0.3 is 10.1 Å². The first-order chi connectivity index (χ1) is 15.5. The number of ether oxygens (including phenoxy) is 1. The summed E-state index contributed by atoms with van der Waals surface area (Å²) < 4.78 is 5.46. The topological polar surface area (TPSA) is 55.4 Å². The van der Waals surface area contributed by atoms with Crippen molar-refractivity contribution in [1.29, 1.82) is 0 Å². The quantitative estimate of drug-likeness (QED) is 0.493. The van der Waals surface area contributed by atoms with Crippen molar-refractivity contribution in [2.75, 3.05) is 13.7 Å². The molecule has 3 unspecified atom stereocenters. The number of hydrogen-bond acceptors (Lipinski definition) is 3. The van der Waals surface area contributed by atoms with Crippen molar-refractivity contribution in [1.82, 2.24) is 5.32 Å². The SMILES string of the molecule is CCCCNC(=O)CCCC[C@@H]1CC(=O)[C@@]2(C)CCC3c4ccc(OC)cc4CCC3C12. The maximum Gasteiger partial charge on any atom is 0.219 e. The number of nitrogens with one attached hydrogen (secondary N) is 1. The Hall–Kier alpha value is -1.84. The molecule has 32 heavy (non-hydrogen) atoms. The largest absolute Gasteiger partial charge is 0.497 e. The van der Waals surface area contributed by atoms with Crippen LogP contribution in [0.25, 0.3) is 0 Å². The van der Waals surface area contributed by atoms with E-state index in [-0.39, 0.29) is 11.3 Å². The van der Waals surface area contributed by atoms with Crippen LogP contribution in [0.1, 0.15) is 95.1 Å². The molecule has 0 saturated heterocycles. The first kappa shape index (κ1) is 23.3. The fourth-order valence-corrected chi connectivity index (χ4v) is 7.20. The summed E-state index contributed by atoms with van der Waals surface area (Å²) in [6.45, 7) is 5.20. The summed E-state index contributed by atoms with van der Waals surface area (Å²) >= 11 is 0. The van der Waals surface area contributed by atoms with Crippen LogP contribution in [0.5, 0.6) is 5.75 Å². The summed E-state index contributed by atoms with van der Waals surface area (Å²) in [6, 6.07) is 6.62. The number of unbranched alkanes of at least 4 members (excludes halogenated alkanes) is 2. The van der Waals surface area contributed by atoms with Crippen LogP contribution in [0.2, 0.25) is 0 Å². The number of fused-ring (bicyclic) bond motifs is 5. The molecule has 2 fully saturated rings. The minimum absolute atomic E-state index is 0.132. The molecule has 1 aromatic rings. The highest BCUT2D eigenvalue weighted by Gasteiger charge is 2.58. The third-order valence-corrected chi connectivity index (χ3v) is 8.86. The maximum atomic E-state index is 13.2. The molecule has 4 nitrogen and oxygen atoms in total. The second kappa shape index (κ2) is 9.97. The minimum atomic E-state index is -0.132. The van der Waals surface area contributed by atoms with E-state index in [4.69, 9.17) is 4.74 Å². The molecule has 1 amide bonds. The Labute approximate surface area is 193 Å². The lowest BCUT2D eigenvalue weighted by molar-refractivity contribution is -0.129. The molecule has 176 valence electrons. The molecular formula is C28H41NO3. The number of carbonyl (C=O) groups is 2. The highest BCUT2D eigenvalue weighted by molar-refractivity contribution is 5.87. The van der Waals surface area contributed by atoms with Crippen LogP contribution in [-0.4, -0.2) is 25.3 Å². The van der Waals surface area contributed by atoms with Gasteiger partial charge in [-0.3, -0.25) is 9.59 Å². The molecule has 1 N–H and O–H groups in total. The molecule has 0 bridgehead atoms. The van der Waals surface area contributed by atoms with Crippen LogP contribution in [0.3, 0.4) is 0 Å². The molecule has 0 heterocycles. The molecule has 1 aromatic carbocycles. The van der Waals surface area contributed by atoms with Gasteiger partial charge in [0, 0.05) is 24.8 Å². The third kappa shape index (κ3) is 4.47. The number of Topliss-reactive ketones (excluding diaryl/α,β-unsaturated/α-hetero) is 1. The highest BCUT2D eigenvalue weighted by atomic mass is 16.5. The normalized spacial score (nSPS) is 30.9. The second-order valence-corrected chi connectivity index (χ2v) is 10.7. The van der Waals surface area contributed by atoms with Crippen LogP contribution in [0.4, 0.5) is 0 Å². The molecule has 3 aliphatic carbocycles. The zero-order valence-electron chi connectivity index (χ0n) is 20.3. The fraction of sp³-hybridized carbons (Fsp3) is 0.714. The van der Waals surface area contributed by atoms with Gasteiger partial charge in [0.15, 0.2) is 0 Å². The van der Waals surface area contributed by atoms with E-state index < -0.39 is 0 Å². The molecule has 4 heteroatoms. The van der Waals surface area contributed by atoms with Crippen molar-refractivity contribution in [2.45, 2.75) is 90.4 Å². The van der Waals surface area contributed by atoms with E-state index in [0.717, 1.165) is 70.1 Å². The molecule has 4 rings (SSSR count). The first-order valence-electron chi connectivity index (χ1n) is 12.9. The van der Waals surface area contributed by atoms with Gasteiger partial charge in [0.2, 0.25) is 5.91 Å². The van der Waals surface area contributed by atoms with E-state index in [1.165, 1.54) is 17.5 Å². The van der Waals surface area contributed by atoms with Gasteiger partial charge in [-0.15, -0.1) is 0 Å². The summed E-state index contributed by atoms with van der Waals surface area (Å²) in [4.78, 5) is 25.2. The number of carbonyl (C=O) groups excluding carboxylic acids is 2. The number of aryl methyl sites for hydroxylation is 1. The molecule has 3 aliphatic rings. The first-order valence-corrected chi connectivity index (χ1v) is 12.9. The van der Waals surface area contributed by atoms with Crippen LogP contribution in [0, 0.1) is 23.2 Å². The monoisotopic (exact) mass is 439 g/mol. The average Bonchev–Trinajstić information content (AvgIpc) is 3.06. The van der Waals surface area contributed by atoms with E-state index in [1.54, 1.807) is 7.11 Å². The fourth-order valence-electron chi connectivity index (χ4n) is 7.20. The average molecular weight is 440 g/mol. The maximum absolute atomic E-state index is 13.2. The Bertz CT molecular complexity index is 834. The van der Waals surface area contributed by atoms with E-state index in [2.05, 4.69) is 37.4 Å². The third-order valence-electron chi connectivity index (χ3n) is 8.86. The lowest BCUT2D eigenvalue weighted by atomic mass is 9.54. The van der Waals surface area contributed by atoms with E-state index in [1.807, 2.05) is 0 Å². The van der Waals surface area contributed by atoms with Crippen LogP contribution in [0.15, 0.2) is 18.2 Å². The molecule has 0 radical (unpaired) electrons. The second-order valence-electron chi connectivity index (χ2n) is 10.7. The Morgan fingerprint density at radius 3 is 2.84 bits per heavy atom. The van der Waals surface area contributed by atoms with Gasteiger partial charge >= 0.3 is 0 Å². The van der Waals surface area contributed by atoms with Gasteiger partial charge in [-0.2, -0.15) is 0 Å². The number of hydrogen-bond donors (Lipinski definition) is 1. The van der Waals surface area contributed by atoms with Crippen molar-refractivity contribution >= 4 is 11.7 Å². The number of amides is 1. The van der Waals surface area contributed by atoms with Gasteiger partial charge in [-0.1, -0.05) is 32.8 Å². The molecule has 0 aromatic heterocycles. The lowest BCUT2D eigenvalue weighted by Crippen LogP contribution is -2.44. The molecule has 2 saturated carbocycles. The van der Waals surface area contributed by atoms with E-state index in [0.29, 0.717) is 35.9 Å². The summed E-state index contributed by atoms with van der Waals surface area (Å²) in [5, 5.41) is 3.02. The number of ketones is 1. The smallest absolute Gasteiger partial charge is 0.219 e. The Morgan fingerprint density at radius 2 is 2.06 bits per heavy atom. The van der Waals surface area contributed by atoms with Gasteiger partial charge in [0.05, 0.1) is 7.11 Å². The van der Waals surface area contributed by atoms with Crippen molar-refractivity contribution < 1.29 is 14.3 Å². The Balaban J connectivity index is 1.40. The van der Waals surface area contributed by atoms with Crippen LogP contribution >= 0.6 is 0 Å². The zero-order valence-corrected chi connectivity index (χ0v) is 20.3. The van der Waals surface area contributed by atoms with Crippen molar-refractivity contribution in [3.05, 3.63) is 29.3 Å². The number of benzene rings is 1. The molecule has 0 spiro atoms. The van der Waals surface area contributed by atoms with Crippen LogP contribution in [-0.2, 0) is 16.0 Å². The minimum Gasteiger partial charge on any atom is -0.497 e. The van der Waals surface area contributed by atoms with E-state index in [9.17, 15) is 9.59 Å². The number of rotatable bonds is 9. The van der Waals surface area contributed by atoms with Crippen molar-refractivity contribution in [3.63, 3.8) is 0 Å². The van der Waals surface area contributed by atoms with Gasteiger partial charge in [0.25, 0.3) is 0 Å². The Morgan fingerprint density at radius 1 is 1.22 bits per heavy atom. The predicted octanol–water partition coefficient (Wildman–Crippen LogP) is 5.82. The Kier molecular flexibility index (Phi) is 7.27. The molecular weight excluding hydrogens is 398 g/mol. The highest BCUT2D eigenvalue weighted by Crippen LogP contribution is 2.62. The zero-order chi connectivity index (χ0) is 22.7. The summed E-state index contributed by atoms with van der Waals surface area (Å²) in [6.07, 6.45) is 11.1. The van der Waals surface area contributed by atoms with E-state index >= 15 is 0 Å². The van der Waals surface area contributed by atoms with Gasteiger partial charge in [-0.25, -0.2) is 0 Å². The summed E-state index contributed by atoms with van der Waals surface area (Å²) in [7, 11) is 1.74. The summed E-state index contributed by atoms with van der Waals surface area (Å²) in [5.74, 6) is 3.83. The van der Waals surface area contributed by atoms with Crippen LogP contribution < -0.4 is 10.1 Å². The van der Waals surface area contributed by atoms with Crippen molar-refractivity contribution in [3.8, 4) is 5.75 Å². The predicted molar refractivity (Wildman–Crippen MR) is 128 cm³/mol. The van der Waals surface area contributed by atoms with Gasteiger partial charge in [0.1, 0.15) is 11.5 Å². The summed E-state index contributed by atoms with van der Waals surface area (Å²) in [5.41, 5.74) is 2.82. The van der Waals surface area contributed by atoms with Gasteiger partial charge in [-0.05, 0) is 91.9 Å². The lowest BCUT2D eigenvalue weighted by Gasteiger charge is -2.50. The molecule has 0 aliphatic heterocycles. The van der Waals surface area contributed by atoms with Crippen molar-refractivity contribution in [2.24, 2.45) is 23.2 Å². The number of methoxy groups -OCH3 is 1.